The normalized spacial score (nSPS) is 11.8. The van der Waals surface area contributed by atoms with Gasteiger partial charge in [-0.2, -0.15) is 0 Å². The fraction of sp³-hybridized carbons (Fsp3) is 0.235. The number of ether oxygens (including phenoxy) is 1. The smallest absolute Gasteiger partial charge is 0.265 e. The lowest BCUT2D eigenvalue weighted by Gasteiger charge is -2.17. The van der Waals surface area contributed by atoms with Crippen molar-refractivity contribution in [1.82, 2.24) is 0 Å². The Balaban J connectivity index is 2.03. The van der Waals surface area contributed by atoms with E-state index in [2.05, 4.69) is 21.2 Å². The quantitative estimate of drug-likeness (QED) is 0.861. The van der Waals surface area contributed by atoms with E-state index in [-0.39, 0.29) is 5.91 Å². The van der Waals surface area contributed by atoms with Crippen molar-refractivity contribution in [2.24, 2.45) is 0 Å². The molecule has 0 spiro atoms. The average Bonchev–Trinajstić information content (AvgIpc) is 2.46. The maximum Gasteiger partial charge on any atom is 0.265 e. The molecule has 2 aromatic rings. The Kier molecular flexibility index (Phi) is 5.39. The van der Waals surface area contributed by atoms with Crippen LogP contribution in [0.25, 0.3) is 0 Å². The van der Waals surface area contributed by atoms with Gasteiger partial charge < -0.3 is 10.1 Å². The van der Waals surface area contributed by atoms with Crippen molar-refractivity contribution in [2.75, 3.05) is 5.32 Å². The predicted octanol–water partition coefficient (Wildman–Crippen LogP) is 4.55. The molecule has 0 aliphatic carbocycles. The molecule has 0 aromatic heterocycles. The molecule has 0 aliphatic rings. The van der Waals surface area contributed by atoms with Crippen LogP contribution in [0.4, 0.5) is 5.69 Å². The minimum absolute atomic E-state index is 0.142. The fourth-order valence-corrected chi connectivity index (χ4v) is 2.29. The zero-order valence-corrected chi connectivity index (χ0v) is 13.7. The summed E-state index contributed by atoms with van der Waals surface area (Å²) >= 11 is 3.38. The molecular formula is C17H18BrNO2. The molecule has 21 heavy (non-hydrogen) atoms. The molecule has 0 bridgehead atoms. The van der Waals surface area contributed by atoms with Crippen molar-refractivity contribution in [2.45, 2.75) is 26.4 Å². The lowest BCUT2D eigenvalue weighted by atomic mass is 10.2. The molecule has 1 atom stereocenters. The average molecular weight is 348 g/mol. The summed E-state index contributed by atoms with van der Waals surface area (Å²) in [7, 11) is 0. The van der Waals surface area contributed by atoms with Crippen molar-refractivity contribution < 1.29 is 9.53 Å². The maximum absolute atomic E-state index is 12.3. The van der Waals surface area contributed by atoms with Gasteiger partial charge in [-0.15, -0.1) is 0 Å². The second-order valence-corrected chi connectivity index (χ2v) is 5.74. The Morgan fingerprint density at radius 1 is 1.24 bits per heavy atom. The number of anilines is 1. The van der Waals surface area contributed by atoms with E-state index in [9.17, 15) is 4.79 Å². The Labute approximate surface area is 133 Å². The van der Waals surface area contributed by atoms with Gasteiger partial charge in [-0.25, -0.2) is 0 Å². The third-order valence-corrected chi connectivity index (χ3v) is 3.55. The number of amides is 1. The molecule has 0 radical (unpaired) electrons. The highest BCUT2D eigenvalue weighted by molar-refractivity contribution is 9.10. The van der Waals surface area contributed by atoms with Crippen molar-refractivity contribution >= 4 is 27.5 Å². The van der Waals surface area contributed by atoms with Crippen LogP contribution in [0.1, 0.15) is 18.9 Å². The standard InChI is InChI=1S/C17H18BrNO2/c1-3-16(21-15-9-7-12(2)8-10-15)17(20)19-14-6-4-5-13(18)11-14/h4-11,16H,3H2,1-2H3,(H,19,20)/t16-/m0/s1. The first kappa shape index (κ1) is 15.6. The van der Waals surface area contributed by atoms with E-state index >= 15 is 0 Å². The lowest BCUT2D eigenvalue weighted by molar-refractivity contribution is -0.122. The number of hydrogen-bond donors (Lipinski definition) is 1. The number of nitrogens with one attached hydrogen (secondary N) is 1. The van der Waals surface area contributed by atoms with Gasteiger partial charge in [0.15, 0.2) is 6.10 Å². The molecule has 1 N–H and O–H groups in total. The van der Waals surface area contributed by atoms with Gasteiger partial charge in [0.1, 0.15) is 5.75 Å². The van der Waals surface area contributed by atoms with Crippen LogP contribution in [-0.4, -0.2) is 12.0 Å². The van der Waals surface area contributed by atoms with Crippen molar-refractivity contribution in [3.63, 3.8) is 0 Å². The van der Waals surface area contributed by atoms with Crippen LogP contribution in [0.2, 0.25) is 0 Å². The molecule has 0 heterocycles. The van der Waals surface area contributed by atoms with Gasteiger partial charge in [-0.3, -0.25) is 4.79 Å². The molecule has 2 aromatic carbocycles. The molecule has 110 valence electrons. The minimum atomic E-state index is -0.508. The van der Waals surface area contributed by atoms with Gasteiger partial charge in [0.05, 0.1) is 0 Å². The third-order valence-electron chi connectivity index (χ3n) is 3.05. The third kappa shape index (κ3) is 4.60. The molecule has 0 fully saturated rings. The van der Waals surface area contributed by atoms with Crippen LogP contribution in [0, 0.1) is 6.92 Å². The molecule has 0 aliphatic heterocycles. The molecule has 4 heteroatoms. The highest BCUT2D eigenvalue weighted by Gasteiger charge is 2.18. The second-order valence-electron chi connectivity index (χ2n) is 4.83. The monoisotopic (exact) mass is 347 g/mol. The highest BCUT2D eigenvalue weighted by Crippen LogP contribution is 2.18. The predicted molar refractivity (Wildman–Crippen MR) is 88.7 cm³/mol. The van der Waals surface area contributed by atoms with Crippen LogP contribution in [0.5, 0.6) is 5.75 Å². The number of halogens is 1. The van der Waals surface area contributed by atoms with E-state index in [1.807, 2.05) is 62.4 Å². The Morgan fingerprint density at radius 2 is 1.95 bits per heavy atom. The number of carbonyl (C=O) groups excluding carboxylic acids is 1. The number of benzene rings is 2. The summed E-state index contributed by atoms with van der Waals surface area (Å²) in [6.07, 6.45) is 0.0972. The highest BCUT2D eigenvalue weighted by atomic mass is 79.9. The first-order chi connectivity index (χ1) is 10.1. The molecule has 2 rings (SSSR count). The molecule has 0 unspecified atom stereocenters. The summed E-state index contributed by atoms with van der Waals surface area (Å²) in [6.45, 7) is 3.94. The molecule has 0 saturated heterocycles. The number of aryl methyl sites for hydroxylation is 1. The minimum Gasteiger partial charge on any atom is -0.481 e. The van der Waals surface area contributed by atoms with Gasteiger partial charge in [0.2, 0.25) is 0 Å². The van der Waals surface area contributed by atoms with Crippen molar-refractivity contribution in [3.8, 4) is 5.75 Å². The van der Waals surface area contributed by atoms with Crippen LogP contribution in [-0.2, 0) is 4.79 Å². The topological polar surface area (TPSA) is 38.3 Å². The Morgan fingerprint density at radius 3 is 2.57 bits per heavy atom. The zero-order valence-electron chi connectivity index (χ0n) is 12.1. The summed E-state index contributed by atoms with van der Waals surface area (Å²) in [6, 6.07) is 15.2. The first-order valence-corrected chi connectivity index (χ1v) is 7.67. The molecule has 1 amide bonds. The van der Waals surface area contributed by atoms with Crippen LogP contribution < -0.4 is 10.1 Å². The van der Waals surface area contributed by atoms with E-state index in [0.717, 1.165) is 15.7 Å². The Bertz CT molecular complexity index is 610. The number of carbonyl (C=O) groups is 1. The van der Waals surface area contributed by atoms with E-state index < -0.39 is 6.10 Å². The van der Waals surface area contributed by atoms with Gasteiger partial charge in [-0.1, -0.05) is 46.6 Å². The molecule has 3 nitrogen and oxygen atoms in total. The summed E-state index contributed by atoms with van der Waals surface area (Å²) in [5.74, 6) is 0.563. The Hall–Kier alpha value is -1.81. The second kappa shape index (κ2) is 7.27. The van der Waals surface area contributed by atoms with Gasteiger partial charge in [0, 0.05) is 10.2 Å². The van der Waals surface area contributed by atoms with E-state index in [0.29, 0.717) is 12.2 Å². The van der Waals surface area contributed by atoms with Crippen LogP contribution >= 0.6 is 15.9 Å². The van der Waals surface area contributed by atoms with Gasteiger partial charge >= 0.3 is 0 Å². The molecule has 0 saturated carbocycles. The molecular weight excluding hydrogens is 330 g/mol. The summed E-state index contributed by atoms with van der Waals surface area (Å²) in [4.78, 5) is 12.3. The van der Waals surface area contributed by atoms with E-state index in [1.165, 1.54) is 0 Å². The van der Waals surface area contributed by atoms with Gasteiger partial charge in [0.25, 0.3) is 5.91 Å². The van der Waals surface area contributed by atoms with Crippen molar-refractivity contribution in [1.29, 1.82) is 0 Å². The SMILES string of the molecule is CC[C@H](Oc1ccc(C)cc1)C(=O)Nc1cccc(Br)c1. The van der Waals surface area contributed by atoms with Crippen molar-refractivity contribution in [3.05, 3.63) is 58.6 Å². The summed E-state index contributed by atoms with van der Waals surface area (Å²) in [5.41, 5.74) is 1.91. The first-order valence-electron chi connectivity index (χ1n) is 6.88. The van der Waals surface area contributed by atoms with Crippen LogP contribution in [0.3, 0.4) is 0 Å². The van der Waals surface area contributed by atoms with E-state index in [1.54, 1.807) is 0 Å². The summed E-state index contributed by atoms with van der Waals surface area (Å²) < 4.78 is 6.68. The zero-order chi connectivity index (χ0) is 15.2. The largest absolute Gasteiger partial charge is 0.481 e. The number of hydrogen-bond acceptors (Lipinski definition) is 2. The fourth-order valence-electron chi connectivity index (χ4n) is 1.89. The van der Waals surface area contributed by atoms with E-state index in [4.69, 9.17) is 4.74 Å². The van der Waals surface area contributed by atoms with Crippen LogP contribution in [0.15, 0.2) is 53.0 Å². The maximum atomic E-state index is 12.3. The summed E-state index contributed by atoms with van der Waals surface area (Å²) in [5, 5.41) is 2.87. The lowest BCUT2D eigenvalue weighted by Crippen LogP contribution is -2.32. The van der Waals surface area contributed by atoms with Gasteiger partial charge in [-0.05, 0) is 43.7 Å². The number of rotatable bonds is 5.